The first-order valence-corrected chi connectivity index (χ1v) is 5.34. The lowest BCUT2D eigenvalue weighted by Crippen LogP contribution is -2.39. The van der Waals surface area contributed by atoms with Crippen LogP contribution in [-0.2, 0) is 9.53 Å². The predicted molar refractivity (Wildman–Crippen MR) is 60.9 cm³/mol. The van der Waals surface area contributed by atoms with Crippen LogP contribution in [0, 0.1) is 0 Å². The number of nitrogens with zero attached hydrogens (tertiary/aromatic N) is 1. The highest BCUT2D eigenvalue weighted by atomic mass is 79.9. The van der Waals surface area contributed by atoms with E-state index in [0.717, 1.165) is 4.47 Å². The molecule has 1 unspecified atom stereocenters. The molecule has 86 valence electrons. The molecule has 16 heavy (non-hydrogen) atoms. The number of ether oxygens (including phenoxy) is 1. The maximum Gasteiger partial charge on any atom is 0.328 e. The van der Waals surface area contributed by atoms with Crippen molar-refractivity contribution in [2.24, 2.45) is 0 Å². The van der Waals surface area contributed by atoms with Crippen LogP contribution in [0.5, 0.6) is 0 Å². The number of pyridine rings is 1. The summed E-state index contributed by atoms with van der Waals surface area (Å²) in [5.41, 5.74) is 0.249. The van der Waals surface area contributed by atoms with Crippen LogP contribution in [0.3, 0.4) is 0 Å². The van der Waals surface area contributed by atoms with Crippen molar-refractivity contribution in [3.63, 3.8) is 0 Å². The molecule has 1 N–H and O–H groups in total. The van der Waals surface area contributed by atoms with Crippen molar-refractivity contribution < 1.29 is 14.3 Å². The number of halogens is 1. The van der Waals surface area contributed by atoms with Gasteiger partial charge in [0.15, 0.2) is 0 Å². The number of nitrogens with one attached hydrogen (secondary N) is 1. The van der Waals surface area contributed by atoms with E-state index in [1.54, 1.807) is 19.1 Å². The molecule has 1 atom stereocenters. The van der Waals surface area contributed by atoms with Gasteiger partial charge in [-0.05, 0) is 35.0 Å². The van der Waals surface area contributed by atoms with Crippen LogP contribution in [0.25, 0.3) is 0 Å². The summed E-state index contributed by atoms with van der Waals surface area (Å²) < 4.78 is 5.27. The van der Waals surface area contributed by atoms with Gasteiger partial charge in [0.25, 0.3) is 5.91 Å². The zero-order chi connectivity index (χ0) is 12.1. The molecule has 5 nitrogen and oxygen atoms in total. The number of esters is 1. The van der Waals surface area contributed by atoms with E-state index >= 15 is 0 Å². The fraction of sp³-hybridized carbons (Fsp3) is 0.300. The molecule has 0 radical (unpaired) electrons. The standard InChI is InChI=1S/C10H11BrN2O3/c1-6(10(15)16-2)13-9(14)8-4-3-7(11)5-12-8/h3-6H,1-2H3,(H,13,14). The third kappa shape index (κ3) is 3.30. The summed E-state index contributed by atoms with van der Waals surface area (Å²) in [4.78, 5) is 26.6. The van der Waals surface area contributed by atoms with Gasteiger partial charge in [-0.2, -0.15) is 0 Å². The number of methoxy groups -OCH3 is 1. The SMILES string of the molecule is COC(=O)C(C)NC(=O)c1ccc(Br)cn1. The minimum Gasteiger partial charge on any atom is -0.467 e. The van der Waals surface area contributed by atoms with E-state index < -0.39 is 17.9 Å². The van der Waals surface area contributed by atoms with Crippen molar-refractivity contribution >= 4 is 27.8 Å². The maximum atomic E-state index is 11.6. The number of aromatic nitrogens is 1. The summed E-state index contributed by atoms with van der Waals surface area (Å²) >= 11 is 3.21. The lowest BCUT2D eigenvalue weighted by Gasteiger charge is -2.10. The van der Waals surface area contributed by atoms with Crippen LogP contribution in [0.15, 0.2) is 22.8 Å². The van der Waals surface area contributed by atoms with Crippen LogP contribution in [0.4, 0.5) is 0 Å². The molecule has 1 amide bonds. The molecular weight excluding hydrogens is 276 g/mol. The number of rotatable bonds is 3. The molecule has 1 aromatic heterocycles. The molecule has 0 aromatic carbocycles. The van der Waals surface area contributed by atoms with Crippen molar-refractivity contribution in [1.82, 2.24) is 10.3 Å². The molecule has 1 heterocycles. The molecule has 0 saturated carbocycles. The Balaban J connectivity index is 2.65. The fourth-order valence-electron chi connectivity index (χ4n) is 1.02. The van der Waals surface area contributed by atoms with Crippen molar-refractivity contribution in [3.8, 4) is 0 Å². The van der Waals surface area contributed by atoms with E-state index in [0.29, 0.717) is 0 Å². The van der Waals surface area contributed by atoms with E-state index in [1.165, 1.54) is 13.3 Å². The molecule has 0 saturated heterocycles. The second-order valence-corrected chi connectivity index (χ2v) is 4.00. The number of hydrogen-bond acceptors (Lipinski definition) is 4. The molecule has 0 aliphatic rings. The Morgan fingerprint density at radius 1 is 1.50 bits per heavy atom. The third-order valence-corrected chi connectivity index (χ3v) is 2.33. The summed E-state index contributed by atoms with van der Waals surface area (Å²) in [5, 5.41) is 2.48. The molecule has 0 spiro atoms. The van der Waals surface area contributed by atoms with E-state index in [4.69, 9.17) is 0 Å². The zero-order valence-corrected chi connectivity index (χ0v) is 10.4. The van der Waals surface area contributed by atoms with Crippen LogP contribution < -0.4 is 5.32 Å². The summed E-state index contributed by atoms with van der Waals surface area (Å²) in [6.07, 6.45) is 1.51. The van der Waals surface area contributed by atoms with Crippen molar-refractivity contribution in [2.45, 2.75) is 13.0 Å². The second-order valence-electron chi connectivity index (χ2n) is 3.08. The number of amides is 1. The van der Waals surface area contributed by atoms with Crippen molar-refractivity contribution in [3.05, 3.63) is 28.5 Å². The molecule has 0 aliphatic carbocycles. The van der Waals surface area contributed by atoms with Crippen LogP contribution in [0.2, 0.25) is 0 Å². The van der Waals surface area contributed by atoms with Gasteiger partial charge in [-0.3, -0.25) is 4.79 Å². The topological polar surface area (TPSA) is 68.3 Å². The van der Waals surface area contributed by atoms with Crippen LogP contribution in [-0.4, -0.2) is 30.0 Å². The summed E-state index contributed by atoms with van der Waals surface area (Å²) in [5.74, 6) is -0.907. The van der Waals surface area contributed by atoms with E-state index in [9.17, 15) is 9.59 Å². The highest BCUT2D eigenvalue weighted by Crippen LogP contribution is 2.07. The molecule has 1 aromatic rings. The monoisotopic (exact) mass is 286 g/mol. The molecule has 0 aliphatic heterocycles. The quantitative estimate of drug-likeness (QED) is 0.846. The highest BCUT2D eigenvalue weighted by Gasteiger charge is 2.17. The summed E-state index contributed by atoms with van der Waals surface area (Å²) in [6.45, 7) is 1.54. The minimum atomic E-state index is -0.692. The Kier molecular flexibility index (Phi) is 4.42. The lowest BCUT2D eigenvalue weighted by atomic mass is 10.3. The Hall–Kier alpha value is -1.43. The van der Waals surface area contributed by atoms with Gasteiger partial charge in [0.2, 0.25) is 0 Å². The van der Waals surface area contributed by atoms with Crippen molar-refractivity contribution in [2.75, 3.05) is 7.11 Å². The van der Waals surface area contributed by atoms with Gasteiger partial charge in [0, 0.05) is 10.7 Å². The summed E-state index contributed by atoms with van der Waals surface area (Å²) in [6, 6.07) is 2.57. The third-order valence-electron chi connectivity index (χ3n) is 1.86. The van der Waals surface area contributed by atoms with Gasteiger partial charge in [-0.15, -0.1) is 0 Å². The van der Waals surface area contributed by atoms with Gasteiger partial charge >= 0.3 is 5.97 Å². The van der Waals surface area contributed by atoms with E-state index in [2.05, 4.69) is 31.0 Å². The normalized spacial score (nSPS) is 11.7. The lowest BCUT2D eigenvalue weighted by molar-refractivity contribution is -0.142. The fourth-order valence-corrected chi connectivity index (χ4v) is 1.25. The number of carbonyl (C=O) groups excluding carboxylic acids is 2. The number of carbonyl (C=O) groups is 2. The Bertz CT molecular complexity index is 392. The molecule has 6 heteroatoms. The second kappa shape index (κ2) is 5.60. The Morgan fingerprint density at radius 2 is 2.19 bits per heavy atom. The first kappa shape index (κ1) is 12.6. The summed E-state index contributed by atoms with van der Waals surface area (Å²) in [7, 11) is 1.27. The first-order valence-electron chi connectivity index (χ1n) is 4.55. The molecule has 1 rings (SSSR count). The maximum absolute atomic E-state index is 11.6. The van der Waals surface area contributed by atoms with Gasteiger partial charge in [0.05, 0.1) is 7.11 Å². The van der Waals surface area contributed by atoms with Crippen LogP contribution >= 0.6 is 15.9 Å². The minimum absolute atomic E-state index is 0.249. The first-order chi connectivity index (χ1) is 7.54. The highest BCUT2D eigenvalue weighted by molar-refractivity contribution is 9.10. The largest absolute Gasteiger partial charge is 0.467 e. The molecule has 0 bridgehead atoms. The van der Waals surface area contributed by atoms with Crippen molar-refractivity contribution in [1.29, 1.82) is 0 Å². The smallest absolute Gasteiger partial charge is 0.328 e. The number of hydrogen-bond donors (Lipinski definition) is 1. The van der Waals surface area contributed by atoms with E-state index in [1.807, 2.05) is 0 Å². The van der Waals surface area contributed by atoms with Gasteiger partial charge < -0.3 is 10.1 Å². The average molecular weight is 287 g/mol. The van der Waals surface area contributed by atoms with Crippen LogP contribution in [0.1, 0.15) is 17.4 Å². The Morgan fingerprint density at radius 3 is 2.69 bits per heavy atom. The van der Waals surface area contributed by atoms with Gasteiger partial charge in [-0.1, -0.05) is 0 Å². The Labute approximate surface area is 101 Å². The average Bonchev–Trinajstić information content (AvgIpc) is 2.28. The zero-order valence-electron chi connectivity index (χ0n) is 8.86. The predicted octanol–water partition coefficient (Wildman–Crippen LogP) is 1.14. The van der Waals surface area contributed by atoms with Gasteiger partial charge in [0.1, 0.15) is 11.7 Å². The van der Waals surface area contributed by atoms with Gasteiger partial charge in [-0.25, -0.2) is 9.78 Å². The van der Waals surface area contributed by atoms with E-state index in [-0.39, 0.29) is 5.69 Å². The molecular formula is C10H11BrN2O3. The molecule has 0 fully saturated rings.